The van der Waals surface area contributed by atoms with E-state index in [0.717, 1.165) is 11.8 Å². The summed E-state index contributed by atoms with van der Waals surface area (Å²) in [5, 5.41) is 9.46. The molecule has 3 amide bonds. The van der Waals surface area contributed by atoms with Crippen LogP contribution in [0.15, 0.2) is 40.4 Å². The number of aromatic nitrogens is 4. The van der Waals surface area contributed by atoms with Crippen LogP contribution in [0.2, 0.25) is 5.02 Å². The molecule has 2 heterocycles. The molecule has 3 aromatic rings. The summed E-state index contributed by atoms with van der Waals surface area (Å²) in [6, 6.07) is 6.31. The normalized spacial score (nSPS) is 12.2. The molecule has 9 nitrogen and oxygen atoms in total. The Balaban J connectivity index is 1.85. The average Bonchev–Trinajstić information content (AvgIpc) is 3.05. The number of H-pyrrole nitrogens is 1. The maximum absolute atomic E-state index is 12.4. The number of carbonyl (C=O) groups excluding carboxylic acids is 2. The fourth-order valence-electron chi connectivity index (χ4n) is 2.48. The molecule has 152 valence electrons. The number of rotatable bonds is 5. The molecule has 1 atom stereocenters. The third-order valence-electron chi connectivity index (χ3n) is 3.78. The number of urea groups is 1. The lowest BCUT2D eigenvalue weighted by Gasteiger charge is -2.13. The summed E-state index contributed by atoms with van der Waals surface area (Å²) < 4.78 is 1.50. The van der Waals surface area contributed by atoms with Gasteiger partial charge in [0.2, 0.25) is 5.91 Å². The van der Waals surface area contributed by atoms with Crippen LogP contribution in [0.3, 0.4) is 0 Å². The van der Waals surface area contributed by atoms with Crippen LogP contribution in [-0.4, -0.2) is 43.0 Å². The van der Waals surface area contributed by atoms with E-state index in [1.807, 2.05) is 0 Å². The van der Waals surface area contributed by atoms with E-state index in [4.69, 9.17) is 11.6 Å². The Labute approximate surface area is 175 Å². The highest BCUT2D eigenvalue weighted by Crippen LogP contribution is 2.22. The molecule has 1 unspecified atom stereocenters. The van der Waals surface area contributed by atoms with Gasteiger partial charge in [0, 0.05) is 11.1 Å². The van der Waals surface area contributed by atoms with Crippen molar-refractivity contribution in [2.24, 2.45) is 0 Å². The van der Waals surface area contributed by atoms with Crippen molar-refractivity contribution < 1.29 is 9.59 Å². The molecule has 0 aliphatic carbocycles. The second kappa shape index (κ2) is 8.66. The number of carbonyl (C=O) groups is 2. The molecule has 3 N–H and O–H groups in total. The Morgan fingerprint density at radius 1 is 1.28 bits per heavy atom. The molecule has 0 aliphatic heterocycles. The van der Waals surface area contributed by atoms with Gasteiger partial charge in [-0.15, -0.1) is 0 Å². The van der Waals surface area contributed by atoms with Crippen molar-refractivity contribution in [3.05, 3.63) is 45.8 Å². The number of hydrogen-bond donors (Lipinski definition) is 3. The van der Waals surface area contributed by atoms with Gasteiger partial charge in [0.1, 0.15) is 5.39 Å². The Morgan fingerprint density at radius 3 is 2.72 bits per heavy atom. The van der Waals surface area contributed by atoms with Crippen molar-refractivity contribution in [2.45, 2.75) is 37.2 Å². The first-order valence-electron chi connectivity index (χ1n) is 8.76. The monoisotopic (exact) mass is 434 g/mol. The number of hydrogen-bond acceptors (Lipinski definition) is 6. The van der Waals surface area contributed by atoms with E-state index in [1.54, 1.807) is 45.0 Å². The van der Waals surface area contributed by atoms with Crippen molar-refractivity contribution in [1.29, 1.82) is 0 Å². The number of halogens is 1. The number of aromatic amines is 1. The molecule has 1 aromatic carbocycles. The number of amides is 3. The van der Waals surface area contributed by atoms with Crippen LogP contribution >= 0.6 is 23.4 Å². The van der Waals surface area contributed by atoms with Crippen LogP contribution in [0.25, 0.3) is 16.7 Å². The smallest absolute Gasteiger partial charge is 0.321 e. The zero-order chi connectivity index (χ0) is 21.1. The number of nitrogens with one attached hydrogen (secondary N) is 3. The number of benzene rings is 1. The van der Waals surface area contributed by atoms with E-state index in [-0.39, 0.29) is 16.8 Å². The molecule has 0 saturated carbocycles. The van der Waals surface area contributed by atoms with Crippen LogP contribution in [-0.2, 0) is 4.79 Å². The predicted octanol–water partition coefficient (Wildman–Crippen LogP) is 2.48. The predicted molar refractivity (Wildman–Crippen MR) is 112 cm³/mol. The molecule has 0 aliphatic rings. The van der Waals surface area contributed by atoms with Crippen LogP contribution in [0, 0.1) is 0 Å². The average molecular weight is 435 g/mol. The first kappa shape index (κ1) is 20.9. The van der Waals surface area contributed by atoms with E-state index in [9.17, 15) is 14.4 Å². The van der Waals surface area contributed by atoms with Crippen LogP contribution in [0.1, 0.15) is 20.8 Å². The number of fused-ring (bicyclic) bond motifs is 1. The summed E-state index contributed by atoms with van der Waals surface area (Å²) >= 11 is 7.07. The lowest BCUT2D eigenvalue weighted by molar-refractivity contribution is -0.119. The summed E-state index contributed by atoms with van der Waals surface area (Å²) in [5.41, 5.74) is 0.609. The zero-order valence-electron chi connectivity index (χ0n) is 15.9. The zero-order valence-corrected chi connectivity index (χ0v) is 17.5. The van der Waals surface area contributed by atoms with Crippen molar-refractivity contribution in [3.63, 3.8) is 0 Å². The summed E-state index contributed by atoms with van der Waals surface area (Å²) in [6.07, 6.45) is 1.42. The maximum atomic E-state index is 12.4. The van der Waals surface area contributed by atoms with Crippen molar-refractivity contribution in [3.8, 4) is 5.69 Å². The van der Waals surface area contributed by atoms with Crippen LogP contribution < -0.4 is 16.2 Å². The van der Waals surface area contributed by atoms with E-state index in [2.05, 4.69) is 25.7 Å². The van der Waals surface area contributed by atoms with E-state index < -0.39 is 17.2 Å². The van der Waals surface area contributed by atoms with Crippen LogP contribution in [0.4, 0.5) is 4.79 Å². The number of nitrogens with zero attached hydrogens (tertiary/aromatic N) is 3. The Kier molecular flexibility index (Phi) is 6.23. The summed E-state index contributed by atoms with van der Waals surface area (Å²) in [6.45, 7) is 5.19. The summed E-state index contributed by atoms with van der Waals surface area (Å²) in [5.74, 6) is -0.501. The summed E-state index contributed by atoms with van der Waals surface area (Å²) in [4.78, 5) is 43.4. The van der Waals surface area contributed by atoms with Gasteiger partial charge in [-0.25, -0.2) is 14.5 Å². The minimum atomic E-state index is -0.670. The number of imide groups is 1. The molecule has 0 saturated heterocycles. The van der Waals surface area contributed by atoms with Gasteiger partial charge in [-0.1, -0.05) is 29.4 Å². The molecular formula is C18H19ClN6O3S. The largest absolute Gasteiger partial charge is 0.336 e. The van der Waals surface area contributed by atoms with E-state index in [0.29, 0.717) is 21.7 Å². The second-order valence-electron chi connectivity index (χ2n) is 6.52. The van der Waals surface area contributed by atoms with Crippen LogP contribution in [0.5, 0.6) is 0 Å². The van der Waals surface area contributed by atoms with Gasteiger partial charge in [0.25, 0.3) is 5.56 Å². The van der Waals surface area contributed by atoms with Crippen molar-refractivity contribution in [1.82, 2.24) is 30.4 Å². The highest BCUT2D eigenvalue weighted by atomic mass is 35.5. The third-order valence-corrected chi connectivity index (χ3v) is 5.00. The molecular weight excluding hydrogens is 416 g/mol. The number of thioether (sulfide) groups is 1. The highest BCUT2D eigenvalue weighted by molar-refractivity contribution is 8.00. The quantitative estimate of drug-likeness (QED) is 0.419. The second-order valence-corrected chi connectivity index (χ2v) is 8.29. The van der Waals surface area contributed by atoms with Gasteiger partial charge >= 0.3 is 6.03 Å². The first-order valence-corrected chi connectivity index (χ1v) is 10.0. The fourth-order valence-corrected chi connectivity index (χ4v) is 3.46. The Bertz CT molecular complexity index is 1130. The van der Waals surface area contributed by atoms with Gasteiger partial charge in [0.15, 0.2) is 10.8 Å². The molecule has 29 heavy (non-hydrogen) atoms. The lowest BCUT2D eigenvalue weighted by atomic mass is 10.3. The van der Waals surface area contributed by atoms with Gasteiger partial charge < -0.3 is 10.3 Å². The van der Waals surface area contributed by atoms with E-state index in [1.165, 1.54) is 10.9 Å². The molecule has 3 rings (SSSR count). The van der Waals surface area contributed by atoms with Crippen molar-refractivity contribution in [2.75, 3.05) is 0 Å². The first-order chi connectivity index (χ1) is 13.7. The van der Waals surface area contributed by atoms with Gasteiger partial charge in [-0.3, -0.25) is 14.9 Å². The Hall–Kier alpha value is -2.85. The van der Waals surface area contributed by atoms with Gasteiger partial charge in [-0.05, 0) is 39.0 Å². The molecule has 0 fully saturated rings. The molecule has 0 spiro atoms. The molecule has 0 radical (unpaired) electrons. The summed E-state index contributed by atoms with van der Waals surface area (Å²) in [7, 11) is 0. The minimum absolute atomic E-state index is 0.0991. The third kappa shape index (κ3) is 4.96. The molecule has 2 aromatic heterocycles. The SMILES string of the molecule is CC(C)NC(=O)NC(=O)C(C)Sc1nc2c(cnn2-c2cccc(Cl)c2)c(=O)[nH]1. The fraction of sp³-hybridized carbons (Fsp3) is 0.278. The topological polar surface area (TPSA) is 122 Å². The maximum Gasteiger partial charge on any atom is 0.321 e. The Morgan fingerprint density at radius 2 is 2.03 bits per heavy atom. The molecule has 11 heteroatoms. The minimum Gasteiger partial charge on any atom is -0.336 e. The highest BCUT2D eigenvalue weighted by Gasteiger charge is 2.20. The lowest BCUT2D eigenvalue weighted by Crippen LogP contribution is -2.45. The standard InChI is InChI=1S/C18H19ClN6O3S/c1-9(2)21-17(28)23-15(26)10(3)29-18-22-14-13(16(27)24-18)8-20-25(14)12-6-4-5-11(19)7-12/h4-10H,1-3H3,(H,22,24,27)(H2,21,23,26,28). The van der Waals surface area contributed by atoms with Crippen molar-refractivity contribution >= 4 is 46.3 Å². The van der Waals surface area contributed by atoms with Gasteiger partial charge in [0.05, 0.1) is 17.1 Å². The molecule has 0 bridgehead atoms. The van der Waals surface area contributed by atoms with E-state index >= 15 is 0 Å². The van der Waals surface area contributed by atoms with Gasteiger partial charge in [-0.2, -0.15) is 5.10 Å².